The number of aromatic nitrogens is 2. The number of nitrogens with zero attached hydrogens (tertiary/aromatic N) is 1. The van der Waals surface area contributed by atoms with Crippen molar-refractivity contribution in [1.29, 1.82) is 0 Å². The molecule has 29 heavy (non-hydrogen) atoms. The fourth-order valence-corrected chi connectivity index (χ4v) is 3.65. The van der Waals surface area contributed by atoms with Crippen LogP contribution in [0.2, 0.25) is 0 Å². The van der Waals surface area contributed by atoms with E-state index >= 15 is 0 Å². The molecule has 152 valence electrons. The van der Waals surface area contributed by atoms with Crippen molar-refractivity contribution < 1.29 is 19.5 Å². The van der Waals surface area contributed by atoms with Gasteiger partial charge in [-0.3, -0.25) is 14.9 Å². The molecule has 0 bridgehead atoms. The van der Waals surface area contributed by atoms with Gasteiger partial charge in [-0.05, 0) is 50.1 Å². The monoisotopic (exact) mass is 415 g/mol. The van der Waals surface area contributed by atoms with Crippen LogP contribution in [0.3, 0.4) is 0 Å². The molecule has 0 aliphatic rings. The maximum absolute atomic E-state index is 12.6. The zero-order valence-electron chi connectivity index (χ0n) is 15.7. The Morgan fingerprint density at radius 2 is 2.07 bits per heavy atom. The van der Waals surface area contributed by atoms with Gasteiger partial charge in [0.05, 0.1) is 0 Å². The van der Waals surface area contributed by atoms with Gasteiger partial charge in [-0.15, -0.1) is 11.3 Å². The van der Waals surface area contributed by atoms with Crippen molar-refractivity contribution in [3.63, 3.8) is 0 Å². The molecule has 10 heteroatoms. The molecular weight excluding hydrogens is 394 g/mol. The number of aryl methyl sites for hydroxylation is 1. The fourth-order valence-electron chi connectivity index (χ4n) is 2.97. The SMILES string of the molecule is CCNC(=O)c1csc(NC(=O)c2ccc3[nH]c(C(=O)O)c(CCCN)c3c2)n1. The number of hydrogen-bond donors (Lipinski definition) is 5. The van der Waals surface area contributed by atoms with E-state index in [1.165, 1.54) is 0 Å². The average Bonchev–Trinajstić information content (AvgIpc) is 3.30. The first-order valence-electron chi connectivity index (χ1n) is 9.07. The van der Waals surface area contributed by atoms with E-state index in [1.54, 1.807) is 23.6 Å². The highest BCUT2D eigenvalue weighted by molar-refractivity contribution is 7.14. The van der Waals surface area contributed by atoms with E-state index in [2.05, 4.69) is 20.6 Å². The first-order chi connectivity index (χ1) is 13.9. The van der Waals surface area contributed by atoms with E-state index in [0.29, 0.717) is 53.1 Å². The lowest BCUT2D eigenvalue weighted by molar-refractivity contribution is 0.0689. The number of carbonyl (C=O) groups excluding carboxylic acids is 2. The van der Waals surface area contributed by atoms with Gasteiger partial charge < -0.3 is 21.1 Å². The number of carboxylic acids is 1. The second kappa shape index (κ2) is 8.84. The number of fused-ring (bicyclic) bond motifs is 1. The third kappa shape index (κ3) is 4.44. The number of carbonyl (C=O) groups is 3. The van der Waals surface area contributed by atoms with Gasteiger partial charge in [0.15, 0.2) is 5.13 Å². The molecule has 0 atom stereocenters. The van der Waals surface area contributed by atoms with Crippen LogP contribution in [0.4, 0.5) is 5.13 Å². The molecule has 0 unspecified atom stereocenters. The first-order valence-corrected chi connectivity index (χ1v) is 9.95. The standard InChI is InChI=1S/C19H21N5O4S/c1-2-21-17(26)14-9-29-19(23-14)24-16(25)10-5-6-13-12(8-10)11(4-3-7-20)15(22-13)18(27)28/h5-6,8-9,22H,2-4,7,20H2,1H3,(H,21,26)(H,27,28)(H,23,24,25). The topological polar surface area (TPSA) is 150 Å². The zero-order chi connectivity index (χ0) is 21.0. The molecule has 0 radical (unpaired) electrons. The number of nitrogens with one attached hydrogen (secondary N) is 3. The average molecular weight is 415 g/mol. The third-order valence-corrected chi connectivity index (χ3v) is 5.07. The number of rotatable bonds is 8. The van der Waals surface area contributed by atoms with Crippen LogP contribution in [0, 0.1) is 0 Å². The number of benzene rings is 1. The van der Waals surface area contributed by atoms with E-state index < -0.39 is 11.9 Å². The van der Waals surface area contributed by atoms with E-state index in [0.717, 1.165) is 11.3 Å². The van der Waals surface area contributed by atoms with Gasteiger partial charge in [0.1, 0.15) is 11.4 Å². The Bertz CT molecular complexity index is 1070. The van der Waals surface area contributed by atoms with Crippen LogP contribution in [0.15, 0.2) is 23.6 Å². The summed E-state index contributed by atoms with van der Waals surface area (Å²) < 4.78 is 0. The van der Waals surface area contributed by atoms with E-state index in [9.17, 15) is 19.5 Å². The number of amides is 2. The molecule has 0 saturated heterocycles. The number of aromatic carboxylic acids is 1. The van der Waals surface area contributed by atoms with Crippen LogP contribution in [0.5, 0.6) is 0 Å². The van der Waals surface area contributed by atoms with Crippen LogP contribution in [0.25, 0.3) is 10.9 Å². The Morgan fingerprint density at radius 1 is 1.28 bits per heavy atom. The Labute approximate surface area is 170 Å². The molecule has 2 amide bonds. The van der Waals surface area contributed by atoms with E-state index in [4.69, 9.17) is 5.73 Å². The number of H-pyrrole nitrogens is 1. The number of anilines is 1. The third-order valence-electron chi connectivity index (χ3n) is 4.31. The second-order valence-electron chi connectivity index (χ2n) is 6.29. The summed E-state index contributed by atoms with van der Waals surface area (Å²) in [6.45, 7) is 2.73. The molecule has 6 N–H and O–H groups in total. The van der Waals surface area contributed by atoms with Crippen molar-refractivity contribution in [3.8, 4) is 0 Å². The Balaban J connectivity index is 1.86. The molecule has 3 aromatic rings. The largest absolute Gasteiger partial charge is 0.477 e. The zero-order valence-corrected chi connectivity index (χ0v) is 16.6. The number of aromatic amines is 1. The molecule has 2 aromatic heterocycles. The van der Waals surface area contributed by atoms with Gasteiger partial charge in [0.25, 0.3) is 11.8 Å². The van der Waals surface area contributed by atoms with Crippen LogP contribution in [-0.4, -0.2) is 45.9 Å². The first kappa shape index (κ1) is 20.5. The summed E-state index contributed by atoms with van der Waals surface area (Å²) in [6.07, 6.45) is 1.12. The van der Waals surface area contributed by atoms with Gasteiger partial charge in [0.2, 0.25) is 0 Å². The summed E-state index contributed by atoms with van der Waals surface area (Å²) in [5, 5.41) is 17.3. The van der Waals surface area contributed by atoms with Crippen molar-refractivity contribution in [2.45, 2.75) is 19.8 Å². The van der Waals surface area contributed by atoms with Crippen molar-refractivity contribution in [3.05, 3.63) is 46.1 Å². The van der Waals surface area contributed by atoms with E-state index in [-0.39, 0.29) is 17.3 Å². The lowest BCUT2D eigenvalue weighted by Crippen LogP contribution is -2.23. The van der Waals surface area contributed by atoms with Crippen molar-refractivity contribution in [2.24, 2.45) is 5.73 Å². The van der Waals surface area contributed by atoms with Gasteiger partial charge in [0, 0.05) is 28.4 Å². The number of thiazole rings is 1. The normalized spacial score (nSPS) is 10.8. The molecule has 0 fully saturated rings. The highest BCUT2D eigenvalue weighted by atomic mass is 32.1. The lowest BCUT2D eigenvalue weighted by atomic mass is 10.0. The molecule has 0 aliphatic heterocycles. The predicted molar refractivity (Wildman–Crippen MR) is 111 cm³/mol. The predicted octanol–water partition coefficient (Wildman–Crippen LogP) is 2.22. The summed E-state index contributed by atoms with van der Waals surface area (Å²) >= 11 is 1.15. The van der Waals surface area contributed by atoms with Crippen molar-refractivity contribution in [1.82, 2.24) is 15.3 Å². The minimum absolute atomic E-state index is 0.109. The number of carboxylic acid groups (broad SMARTS) is 1. The maximum Gasteiger partial charge on any atom is 0.352 e. The van der Waals surface area contributed by atoms with Crippen LogP contribution in [0.1, 0.15) is 50.2 Å². The second-order valence-corrected chi connectivity index (χ2v) is 7.15. The van der Waals surface area contributed by atoms with Gasteiger partial charge in [-0.1, -0.05) is 0 Å². The Hall–Kier alpha value is -3.24. The highest BCUT2D eigenvalue weighted by Crippen LogP contribution is 2.26. The molecule has 0 spiro atoms. The molecule has 0 saturated carbocycles. The van der Waals surface area contributed by atoms with Gasteiger partial charge in [-0.25, -0.2) is 9.78 Å². The van der Waals surface area contributed by atoms with Crippen LogP contribution >= 0.6 is 11.3 Å². The molecule has 1 aromatic carbocycles. The van der Waals surface area contributed by atoms with E-state index in [1.807, 2.05) is 6.92 Å². The van der Waals surface area contributed by atoms with Gasteiger partial charge in [-0.2, -0.15) is 0 Å². The maximum atomic E-state index is 12.6. The molecule has 9 nitrogen and oxygen atoms in total. The smallest absolute Gasteiger partial charge is 0.352 e. The number of hydrogen-bond acceptors (Lipinski definition) is 6. The van der Waals surface area contributed by atoms with Crippen LogP contribution in [-0.2, 0) is 6.42 Å². The summed E-state index contributed by atoms with van der Waals surface area (Å²) in [7, 11) is 0. The summed E-state index contributed by atoms with van der Waals surface area (Å²) in [5.74, 6) is -1.75. The fraction of sp³-hybridized carbons (Fsp3) is 0.263. The minimum atomic E-state index is -1.06. The van der Waals surface area contributed by atoms with Crippen molar-refractivity contribution >= 4 is 45.2 Å². The highest BCUT2D eigenvalue weighted by Gasteiger charge is 2.19. The Kier molecular flexibility index (Phi) is 6.25. The van der Waals surface area contributed by atoms with Gasteiger partial charge >= 0.3 is 5.97 Å². The Morgan fingerprint density at radius 3 is 2.76 bits per heavy atom. The molecule has 3 rings (SSSR count). The summed E-state index contributed by atoms with van der Waals surface area (Å²) in [6, 6.07) is 4.92. The molecule has 0 aliphatic carbocycles. The number of nitrogens with two attached hydrogens (primary N) is 1. The van der Waals surface area contributed by atoms with Crippen LogP contribution < -0.4 is 16.4 Å². The molecule has 2 heterocycles. The molecular formula is C19H21N5O4S. The van der Waals surface area contributed by atoms with Crippen molar-refractivity contribution in [2.75, 3.05) is 18.4 Å². The quantitative estimate of drug-likeness (QED) is 0.381. The lowest BCUT2D eigenvalue weighted by Gasteiger charge is -2.04. The minimum Gasteiger partial charge on any atom is -0.477 e. The summed E-state index contributed by atoms with van der Waals surface area (Å²) in [5.41, 5.74) is 7.54. The summed E-state index contributed by atoms with van der Waals surface area (Å²) in [4.78, 5) is 43.0.